The van der Waals surface area contributed by atoms with Gasteiger partial charge in [0.15, 0.2) is 0 Å². The predicted molar refractivity (Wildman–Crippen MR) is 176 cm³/mol. The molecule has 2 aliphatic heterocycles. The summed E-state index contributed by atoms with van der Waals surface area (Å²) in [6.45, 7) is 16.0. The van der Waals surface area contributed by atoms with Crippen LogP contribution >= 0.6 is 0 Å². The first-order valence-corrected chi connectivity index (χ1v) is 13.9. The number of nitrogens with zero attached hydrogens (tertiary/aromatic N) is 2. The number of allylic oxidation sites excluding steroid dienone is 5. The van der Waals surface area contributed by atoms with E-state index >= 15 is 0 Å². The minimum atomic E-state index is -0.883. The van der Waals surface area contributed by atoms with Crippen LogP contribution in [0.15, 0.2) is 43.5 Å². The molecule has 0 saturated heterocycles. The van der Waals surface area contributed by atoms with Gasteiger partial charge in [0, 0.05) is 46.0 Å². The maximum atomic E-state index is 11.5. The van der Waals surface area contributed by atoms with E-state index in [0.717, 1.165) is 83.7 Å². The third kappa shape index (κ3) is 6.09. The molecule has 0 saturated carbocycles. The van der Waals surface area contributed by atoms with Gasteiger partial charge < -0.3 is 20.2 Å². The topological polar surface area (TPSA) is 132 Å². The van der Waals surface area contributed by atoms with Crippen molar-refractivity contribution < 1.29 is 19.8 Å². The van der Waals surface area contributed by atoms with Crippen molar-refractivity contribution in [3.8, 4) is 0 Å². The fourth-order valence-corrected chi connectivity index (χ4v) is 5.77. The van der Waals surface area contributed by atoms with E-state index in [-0.39, 0.29) is 42.4 Å². The average Bonchev–Trinajstić information content (AvgIpc) is 3.59. The second-order valence-corrected chi connectivity index (χ2v) is 10.7. The number of nitrogens with one attached hydrogen (secondary N) is 2. The summed E-state index contributed by atoms with van der Waals surface area (Å²) in [6.07, 6.45) is 4.22. The van der Waals surface area contributed by atoms with Crippen molar-refractivity contribution >= 4 is 91.9 Å². The second-order valence-electron chi connectivity index (χ2n) is 10.7. The van der Waals surface area contributed by atoms with E-state index in [0.29, 0.717) is 18.5 Å². The number of rotatable bonds is 8. The average molecular weight is 587 g/mol. The first-order chi connectivity index (χ1) is 20.0. The third-order valence-corrected chi connectivity index (χ3v) is 8.22. The Labute approximate surface area is 272 Å². The molecule has 2 aliphatic rings. The second kappa shape index (κ2) is 12.7. The Kier molecular flexibility index (Phi) is 9.44. The van der Waals surface area contributed by atoms with Crippen LogP contribution in [0.25, 0.3) is 50.4 Å². The molecule has 0 aromatic carbocycles. The van der Waals surface area contributed by atoms with Crippen LogP contribution in [0.3, 0.4) is 0 Å². The standard InChI is InChI=1S/C34H34N4O4.Na.H/c1-7-21-17(3)25-13-26-19(5)23(9-11-33(39)40)31(37-26)16-32-24(10-12-34(41)42)20(6)28(38-32)15-30-22(8-2)18(4)27(36-30)14-29(21)35-25;;/h7-8,13-16,35,38H,1-2,9-12H2,3-6H3,(H,39,40)(H,41,42);;. The Morgan fingerprint density at radius 1 is 0.721 bits per heavy atom. The Hall–Kier alpha value is -3.98. The Morgan fingerprint density at radius 3 is 1.91 bits per heavy atom. The molecule has 4 N–H and O–H groups in total. The van der Waals surface area contributed by atoms with Gasteiger partial charge in [0.25, 0.3) is 0 Å². The Bertz CT molecular complexity index is 1920. The Balaban J connectivity index is 0.00000423. The first-order valence-electron chi connectivity index (χ1n) is 13.9. The fourth-order valence-electron chi connectivity index (χ4n) is 5.77. The van der Waals surface area contributed by atoms with Crippen molar-refractivity contribution in [3.63, 3.8) is 0 Å². The molecule has 43 heavy (non-hydrogen) atoms. The summed E-state index contributed by atoms with van der Waals surface area (Å²) < 4.78 is 0. The number of aliphatic carboxylic acids is 2. The molecule has 3 aromatic rings. The van der Waals surface area contributed by atoms with Gasteiger partial charge >= 0.3 is 41.5 Å². The molecule has 0 spiro atoms. The van der Waals surface area contributed by atoms with Gasteiger partial charge in [-0.3, -0.25) is 9.59 Å². The summed E-state index contributed by atoms with van der Waals surface area (Å²) >= 11 is 0. The number of carboxylic acid groups (broad SMARTS) is 2. The van der Waals surface area contributed by atoms with Crippen LogP contribution in [0.1, 0.15) is 78.1 Å². The summed E-state index contributed by atoms with van der Waals surface area (Å²) in [5.41, 5.74) is 13.7. The molecule has 216 valence electrons. The number of aromatic amines is 2. The number of carbonyl (C=O) groups is 2. The van der Waals surface area contributed by atoms with E-state index in [1.54, 1.807) is 6.08 Å². The zero-order valence-electron chi connectivity index (χ0n) is 24.3. The number of H-pyrrole nitrogens is 2. The Morgan fingerprint density at radius 2 is 1.26 bits per heavy atom. The SMILES string of the molecule is C=CC1=C(C)c2cc3[nH]c(cc4nc(cc5[nH]c(cc1n2)c(C)c5CCC(=O)O)C(CCC(=O)O)=C4C)c(C)c3C=C.[NaH]. The molecule has 0 unspecified atom stereocenters. The van der Waals surface area contributed by atoms with Crippen LogP contribution in [-0.2, 0) is 16.0 Å². The number of hydrogen-bond donors (Lipinski definition) is 4. The number of aromatic nitrogens is 4. The van der Waals surface area contributed by atoms with Gasteiger partial charge in [0.05, 0.1) is 22.8 Å². The summed E-state index contributed by atoms with van der Waals surface area (Å²) in [5.74, 6) is -1.76. The molecule has 8 bridgehead atoms. The zero-order chi connectivity index (χ0) is 30.3. The van der Waals surface area contributed by atoms with E-state index in [4.69, 9.17) is 9.97 Å². The van der Waals surface area contributed by atoms with Gasteiger partial charge in [0.2, 0.25) is 0 Å². The van der Waals surface area contributed by atoms with Crippen molar-refractivity contribution in [3.05, 3.63) is 88.5 Å². The van der Waals surface area contributed by atoms with E-state index in [9.17, 15) is 19.8 Å². The number of fused-ring (bicyclic) bond motifs is 8. The van der Waals surface area contributed by atoms with Gasteiger partial charge in [-0.2, -0.15) is 0 Å². The van der Waals surface area contributed by atoms with Crippen molar-refractivity contribution in [1.29, 1.82) is 0 Å². The van der Waals surface area contributed by atoms with Crippen molar-refractivity contribution in [2.45, 2.75) is 53.4 Å². The molecule has 0 fully saturated rings. The number of aryl methyl sites for hydroxylation is 3. The maximum absolute atomic E-state index is 11.5. The van der Waals surface area contributed by atoms with Crippen LogP contribution in [-0.4, -0.2) is 71.6 Å². The normalized spacial score (nSPS) is 12.7. The van der Waals surface area contributed by atoms with E-state index in [1.165, 1.54) is 0 Å². The van der Waals surface area contributed by atoms with Gasteiger partial charge in [-0.05, 0) is 98.2 Å². The van der Waals surface area contributed by atoms with Crippen LogP contribution in [0.4, 0.5) is 0 Å². The van der Waals surface area contributed by atoms with Gasteiger partial charge in [-0.1, -0.05) is 25.3 Å². The summed E-state index contributed by atoms with van der Waals surface area (Å²) in [4.78, 5) is 40.0. The summed E-state index contributed by atoms with van der Waals surface area (Å²) in [7, 11) is 0. The molecule has 8 nitrogen and oxygen atoms in total. The number of hydrogen-bond acceptors (Lipinski definition) is 4. The van der Waals surface area contributed by atoms with Gasteiger partial charge in [-0.15, -0.1) is 0 Å². The predicted octanol–water partition coefficient (Wildman–Crippen LogP) is 6.86. The molecular formula is C34H35N4NaO4. The molecule has 5 heterocycles. The molecule has 3 aromatic heterocycles. The summed E-state index contributed by atoms with van der Waals surface area (Å²) in [5, 5.41) is 18.9. The number of carboxylic acids is 2. The van der Waals surface area contributed by atoms with Crippen LogP contribution in [0.5, 0.6) is 0 Å². The van der Waals surface area contributed by atoms with Crippen LogP contribution < -0.4 is 0 Å². The van der Waals surface area contributed by atoms with Crippen molar-refractivity contribution in [2.75, 3.05) is 0 Å². The van der Waals surface area contributed by atoms with Crippen molar-refractivity contribution in [2.24, 2.45) is 0 Å². The van der Waals surface area contributed by atoms with Crippen LogP contribution in [0, 0.1) is 13.8 Å². The first kappa shape index (κ1) is 31.9. The molecule has 5 rings (SSSR count). The fraction of sp³-hybridized carbons (Fsp3) is 0.235. The molecule has 0 aliphatic carbocycles. The molecular weight excluding hydrogens is 551 g/mol. The molecule has 0 atom stereocenters. The van der Waals surface area contributed by atoms with Gasteiger partial charge in [-0.25, -0.2) is 9.97 Å². The van der Waals surface area contributed by atoms with E-state index < -0.39 is 11.9 Å². The minimum absolute atomic E-state index is 0. The quantitative estimate of drug-likeness (QED) is 0.213. The zero-order valence-corrected chi connectivity index (χ0v) is 24.3. The van der Waals surface area contributed by atoms with E-state index in [1.807, 2.05) is 58.0 Å². The monoisotopic (exact) mass is 586 g/mol. The summed E-state index contributed by atoms with van der Waals surface area (Å²) in [6, 6.07) is 7.88. The van der Waals surface area contributed by atoms with Crippen molar-refractivity contribution in [1.82, 2.24) is 19.9 Å². The van der Waals surface area contributed by atoms with Gasteiger partial charge in [0.1, 0.15) is 0 Å². The van der Waals surface area contributed by atoms with E-state index in [2.05, 4.69) is 23.1 Å². The molecule has 0 amide bonds. The molecule has 0 radical (unpaired) electrons. The molecule has 9 heteroatoms. The van der Waals surface area contributed by atoms with Crippen LogP contribution in [0.2, 0.25) is 0 Å². The third-order valence-electron chi connectivity index (χ3n) is 8.22.